The lowest BCUT2D eigenvalue weighted by Gasteiger charge is -2.24. The first-order chi connectivity index (χ1) is 8.19. The van der Waals surface area contributed by atoms with Crippen LogP contribution in [0.2, 0.25) is 0 Å². The number of rotatable bonds is 7. The number of methoxy groups -OCH3 is 1. The Morgan fingerprint density at radius 1 is 1.53 bits per heavy atom. The Morgan fingerprint density at radius 3 is 2.94 bits per heavy atom. The summed E-state index contributed by atoms with van der Waals surface area (Å²) in [5.41, 5.74) is 1.22. The van der Waals surface area contributed by atoms with Crippen LogP contribution in [-0.4, -0.2) is 43.2 Å². The number of likely N-dealkylation sites (N-methyl/N-ethyl adjacent to an activating group) is 1. The second-order valence-electron chi connectivity index (χ2n) is 4.26. The predicted molar refractivity (Wildman–Crippen MR) is 71.2 cm³/mol. The summed E-state index contributed by atoms with van der Waals surface area (Å²) >= 11 is 0. The van der Waals surface area contributed by atoms with Crippen molar-refractivity contribution in [3.63, 3.8) is 0 Å². The van der Waals surface area contributed by atoms with Crippen LogP contribution in [0.3, 0.4) is 0 Å². The summed E-state index contributed by atoms with van der Waals surface area (Å²) in [5.74, 6) is 0.978. The molecule has 0 radical (unpaired) electrons. The lowest BCUT2D eigenvalue weighted by Crippen LogP contribution is -2.32. The lowest BCUT2D eigenvalue weighted by atomic mass is 10.2. The van der Waals surface area contributed by atoms with E-state index in [0.29, 0.717) is 6.04 Å². The van der Waals surface area contributed by atoms with Crippen molar-refractivity contribution >= 4 is 5.82 Å². The number of anilines is 1. The molecule has 0 aromatic carbocycles. The molecule has 0 aliphatic rings. The molecule has 96 valence electrons. The molecule has 1 rings (SSSR count). The maximum Gasteiger partial charge on any atom is 0.130 e. The molecular formula is C13H23N3O. The lowest BCUT2D eigenvalue weighted by molar-refractivity contribution is 0.112. The van der Waals surface area contributed by atoms with Crippen molar-refractivity contribution < 1.29 is 4.74 Å². The van der Waals surface area contributed by atoms with Gasteiger partial charge in [-0.15, -0.1) is 0 Å². The summed E-state index contributed by atoms with van der Waals surface area (Å²) in [6.45, 7) is 6.75. The number of pyridine rings is 1. The van der Waals surface area contributed by atoms with Crippen molar-refractivity contribution in [2.24, 2.45) is 0 Å². The Labute approximate surface area is 104 Å². The molecule has 1 N–H and O–H groups in total. The first kappa shape index (κ1) is 13.9. The van der Waals surface area contributed by atoms with Gasteiger partial charge in [0.25, 0.3) is 0 Å². The van der Waals surface area contributed by atoms with E-state index in [0.717, 1.165) is 25.5 Å². The van der Waals surface area contributed by atoms with Crippen LogP contribution in [0.25, 0.3) is 0 Å². The van der Waals surface area contributed by atoms with Gasteiger partial charge in [-0.25, -0.2) is 4.98 Å². The quantitative estimate of drug-likeness (QED) is 0.787. The maximum atomic E-state index is 5.17. The number of ether oxygens (including phenoxy) is 1. The minimum atomic E-state index is 0.398. The van der Waals surface area contributed by atoms with Crippen LogP contribution in [0.15, 0.2) is 18.3 Å². The van der Waals surface area contributed by atoms with Crippen LogP contribution in [0.1, 0.15) is 19.4 Å². The highest BCUT2D eigenvalue weighted by molar-refractivity contribution is 5.43. The van der Waals surface area contributed by atoms with E-state index in [1.807, 2.05) is 12.3 Å². The summed E-state index contributed by atoms with van der Waals surface area (Å²) in [6.07, 6.45) is 1.82. The van der Waals surface area contributed by atoms with Crippen molar-refractivity contribution in [3.8, 4) is 0 Å². The molecule has 0 bridgehead atoms. The third-order valence-electron chi connectivity index (χ3n) is 2.82. The number of hydrogen-bond acceptors (Lipinski definition) is 4. The number of nitrogens with zero attached hydrogens (tertiary/aromatic N) is 2. The Morgan fingerprint density at radius 2 is 2.29 bits per heavy atom. The van der Waals surface area contributed by atoms with Crippen LogP contribution < -0.4 is 5.32 Å². The number of aromatic nitrogens is 1. The fourth-order valence-corrected chi connectivity index (χ4v) is 1.69. The molecule has 4 nitrogen and oxygen atoms in total. The summed E-state index contributed by atoms with van der Waals surface area (Å²) in [6, 6.07) is 4.49. The fourth-order valence-electron chi connectivity index (χ4n) is 1.69. The van der Waals surface area contributed by atoms with E-state index < -0.39 is 0 Å². The van der Waals surface area contributed by atoms with Crippen molar-refractivity contribution in [2.75, 3.05) is 32.6 Å². The van der Waals surface area contributed by atoms with Crippen LogP contribution in [0.5, 0.6) is 0 Å². The molecule has 17 heavy (non-hydrogen) atoms. The van der Waals surface area contributed by atoms with E-state index in [4.69, 9.17) is 4.74 Å². The van der Waals surface area contributed by atoms with Crippen molar-refractivity contribution in [3.05, 3.63) is 23.9 Å². The first-order valence-electron chi connectivity index (χ1n) is 6.06. The molecule has 1 aromatic heterocycles. The number of hydrogen-bond donors (Lipinski definition) is 1. The Hall–Kier alpha value is -1.13. The van der Waals surface area contributed by atoms with Gasteiger partial charge in [0, 0.05) is 38.0 Å². The van der Waals surface area contributed by atoms with Gasteiger partial charge in [-0.1, -0.05) is 6.07 Å². The van der Waals surface area contributed by atoms with Crippen molar-refractivity contribution in [1.82, 2.24) is 9.88 Å². The molecule has 0 amide bonds. The van der Waals surface area contributed by atoms with E-state index >= 15 is 0 Å². The topological polar surface area (TPSA) is 37.4 Å². The zero-order valence-electron chi connectivity index (χ0n) is 11.2. The molecule has 0 fully saturated rings. The maximum absolute atomic E-state index is 5.17. The molecule has 0 aliphatic carbocycles. The monoisotopic (exact) mass is 237 g/mol. The van der Waals surface area contributed by atoms with Gasteiger partial charge in [0.15, 0.2) is 0 Å². The Bertz CT molecular complexity index is 330. The molecule has 0 saturated carbocycles. The molecule has 1 atom stereocenters. The molecule has 4 heteroatoms. The van der Waals surface area contributed by atoms with E-state index in [2.05, 4.69) is 42.2 Å². The van der Waals surface area contributed by atoms with Crippen LogP contribution in [0.4, 0.5) is 5.82 Å². The van der Waals surface area contributed by atoms with E-state index in [9.17, 15) is 0 Å². The van der Waals surface area contributed by atoms with Gasteiger partial charge in [-0.2, -0.15) is 0 Å². The Balaban J connectivity index is 2.66. The zero-order chi connectivity index (χ0) is 12.7. The second kappa shape index (κ2) is 7.25. The van der Waals surface area contributed by atoms with Gasteiger partial charge in [-0.05, 0) is 27.0 Å². The molecule has 0 saturated heterocycles. The molecule has 1 heterocycles. The fraction of sp³-hybridized carbons (Fsp3) is 0.615. The van der Waals surface area contributed by atoms with Gasteiger partial charge in [0.1, 0.15) is 5.82 Å². The summed E-state index contributed by atoms with van der Waals surface area (Å²) < 4.78 is 5.17. The van der Waals surface area contributed by atoms with Gasteiger partial charge >= 0.3 is 0 Å². The highest BCUT2D eigenvalue weighted by atomic mass is 16.5. The molecule has 1 unspecified atom stereocenters. The first-order valence-corrected chi connectivity index (χ1v) is 6.06. The van der Waals surface area contributed by atoms with E-state index in [-0.39, 0.29) is 0 Å². The third-order valence-corrected chi connectivity index (χ3v) is 2.82. The van der Waals surface area contributed by atoms with Crippen LogP contribution >= 0.6 is 0 Å². The predicted octanol–water partition coefficient (Wildman–Crippen LogP) is 1.98. The van der Waals surface area contributed by atoms with E-state index in [1.54, 1.807) is 7.11 Å². The average Bonchev–Trinajstić information content (AvgIpc) is 2.32. The van der Waals surface area contributed by atoms with Gasteiger partial charge in [-0.3, -0.25) is 4.90 Å². The zero-order valence-corrected chi connectivity index (χ0v) is 11.2. The van der Waals surface area contributed by atoms with Crippen LogP contribution in [0, 0.1) is 0 Å². The second-order valence-corrected chi connectivity index (χ2v) is 4.26. The normalized spacial score (nSPS) is 12.8. The molecule has 0 aliphatic heterocycles. The number of nitrogens with one attached hydrogen (secondary N) is 1. The summed E-state index contributed by atoms with van der Waals surface area (Å²) in [5, 5.41) is 3.28. The van der Waals surface area contributed by atoms with Crippen molar-refractivity contribution in [1.29, 1.82) is 0 Å². The summed E-state index contributed by atoms with van der Waals surface area (Å²) in [7, 11) is 3.84. The molecular weight excluding hydrogens is 214 g/mol. The summed E-state index contributed by atoms with van der Waals surface area (Å²) in [4.78, 5) is 6.62. The van der Waals surface area contributed by atoms with E-state index in [1.165, 1.54) is 5.56 Å². The SMILES string of the molecule is CCNc1ncccc1CN(C)C(C)COC. The largest absolute Gasteiger partial charge is 0.383 e. The van der Waals surface area contributed by atoms with Gasteiger partial charge < -0.3 is 10.1 Å². The minimum Gasteiger partial charge on any atom is -0.383 e. The smallest absolute Gasteiger partial charge is 0.130 e. The Kier molecular flexibility index (Phi) is 5.94. The average molecular weight is 237 g/mol. The highest BCUT2D eigenvalue weighted by Gasteiger charge is 2.11. The van der Waals surface area contributed by atoms with Crippen molar-refractivity contribution in [2.45, 2.75) is 26.4 Å². The third kappa shape index (κ3) is 4.32. The highest BCUT2D eigenvalue weighted by Crippen LogP contribution is 2.14. The van der Waals surface area contributed by atoms with Gasteiger partial charge in [0.05, 0.1) is 6.61 Å². The molecule has 1 aromatic rings. The standard InChI is InChI=1S/C13H23N3O/c1-5-14-13-12(7-6-8-15-13)9-16(3)11(2)10-17-4/h6-8,11H,5,9-10H2,1-4H3,(H,14,15). The van der Waals surface area contributed by atoms with Crippen LogP contribution in [-0.2, 0) is 11.3 Å². The van der Waals surface area contributed by atoms with Gasteiger partial charge in [0.2, 0.25) is 0 Å². The molecule has 0 spiro atoms. The minimum absolute atomic E-state index is 0.398.